The second-order valence-electron chi connectivity index (χ2n) is 7.24. The fourth-order valence-electron chi connectivity index (χ4n) is 3.84. The van der Waals surface area contributed by atoms with E-state index in [1.165, 1.54) is 29.7 Å². The number of nitrogens with zero attached hydrogens (tertiary/aromatic N) is 2. The SMILES string of the molecule is Nc1nc(COC(=O)[C@H]2COc3ccccc3O2)nc2sc3c(c12)CCCCC3. The number of fused-ring (bicyclic) bond motifs is 4. The van der Waals surface area contributed by atoms with Crippen LogP contribution in [0.15, 0.2) is 24.3 Å². The lowest BCUT2D eigenvalue weighted by Crippen LogP contribution is -2.37. The molecule has 7 nitrogen and oxygen atoms in total. The number of benzene rings is 1. The first-order chi connectivity index (χ1) is 14.2. The molecule has 8 heteroatoms. The number of nitrogen functional groups attached to an aromatic ring is 1. The zero-order chi connectivity index (χ0) is 19.8. The summed E-state index contributed by atoms with van der Waals surface area (Å²) in [5, 5.41) is 0.975. The van der Waals surface area contributed by atoms with Gasteiger partial charge in [0.1, 0.15) is 17.3 Å². The fourth-order valence-corrected chi connectivity index (χ4v) is 5.13. The molecule has 0 fully saturated rings. The molecule has 0 spiro atoms. The molecule has 5 rings (SSSR count). The quantitative estimate of drug-likeness (QED) is 0.521. The van der Waals surface area contributed by atoms with Crippen LogP contribution >= 0.6 is 11.3 Å². The molecule has 3 heterocycles. The number of thiophene rings is 1. The summed E-state index contributed by atoms with van der Waals surface area (Å²) in [7, 11) is 0. The highest BCUT2D eigenvalue weighted by atomic mass is 32.1. The van der Waals surface area contributed by atoms with Crippen molar-refractivity contribution in [3.05, 3.63) is 40.5 Å². The third-order valence-corrected chi connectivity index (χ3v) is 6.44. The third kappa shape index (κ3) is 3.48. The first-order valence-corrected chi connectivity index (χ1v) is 10.6. The van der Waals surface area contributed by atoms with Gasteiger partial charge in [-0.2, -0.15) is 0 Å². The Morgan fingerprint density at radius 3 is 2.90 bits per heavy atom. The number of rotatable bonds is 3. The molecule has 1 aliphatic heterocycles. The number of anilines is 1. The first kappa shape index (κ1) is 18.2. The van der Waals surface area contributed by atoms with E-state index in [4.69, 9.17) is 19.9 Å². The van der Waals surface area contributed by atoms with E-state index < -0.39 is 12.1 Å². The molecule has 2 aliphatic rings. The standard InChI is InChI=1S/C21H21N3O4S/c22-19-18-12-6-2-1-3-9-16(12)29-20(18)24-17(23-19)11-27-21(25)15-10-26-13-7-4-5-8-14(13)28-15/h4-5,7-8,15H,1-3,6,9-11H2,(H2,22,23,24)/t15-/m1/s1. The number of aryl methyl sites for hydroxylation is 2. The maximum atomic E-state index is 12.4. The molecule has 1 aliphatic carbocycles. The molecule has 0 unspecified atom stereocenters. The largest absolute Gasteiger partial charge is 0.485 e. The van der Waals surface area contributed by atoms with Gasteiger partial charge in [-0.25, -0.2) is 14.8 Å². The van der Waals surface area contributed by atoms with Gasteiger partial charge in [-0.05, 0) is 43.4 Å². The molecule has 2 aromatic heterocycles. The third-order valence-electron chi connectivity index (χ3n) is 5.25. The van der Waals surface area contributed by atoms with Gasteiger partial charge < -0.3 is 19.9 Å². The highest BCUT2D eigenvalue weighted by Crippen LogP contribution is 2.37. The van der Waals surface area contributed by atoms with Crippen LogP contribution < -0.4 is 15.2 Å². The van der Waals surface area contributed by atoms with Crippen LogP contribution in [0.4, 0.5) is 5.82 Å². The topological polar surface area (TPSA) is 96.6 Å². The van der Waals surface area contributed by atoms with Gasteiger partial charge in [0.25, 0.3) is 0 Å². The van der Waals surface area contributed by atoms with Crippen LogP contribution in [0.1, 0.15) is 35.5 Å². The van der Waals surface area contributed by atoms with Crippen LogP contribution in [-0.4, -0.2) is 28.6 Å². The highest BCUT2D eigenvalue weighted by molar-refractivity contribution is 7.19. The lowest BCUT2D eigenvalue weighted by Gasteiger charge is -2.24. The van der Waals surface area contributed by atoms with Crippen LogP contribution in [0.5, 0.6) is 11.5 Å². The Hall–Kier alpha value is -2.87. The smallest absolute Gasteiger partial charge is 0.351 e. The molecular weight excluding hydrogens is 390 g/mol. The zero-order valence-electron chi connectivity index (χ0n) is 15.8. The number of nitrogens with two attached hydrogens (primary N) is 1. The molecule has 1 atom stereocenters. The van der Waals surface area contributed by atoms with E-state index in [9.17, 15) is 4.79 Å². The van der Waals surface area contributed by atoms with E-state index in [0.717, 1.165) is 23.1 Å². The van der Waals surface area contributed by atoms with E-state index in [2.05, 4.69) is 9.97 Å². The van der Waals surface area contributed by atoms with Gasteiger partial charge in [-0.15, -0.1) is 11.3 Å². The monoisotopic (exact) mass is 411 g/mol. The van der Waals surface area contributed by atoms with Gasteiger partial charge in [0.15, 0.2) is 23.9 Å². The molecule has 3 aromatic rings. The van der Waals surface area contributed by atoms with Crippen molar-refractivity contribution >= 4 is 33.3 Å². The second kappa shape index (κ2) is 7.51. The van der Waals surface area contributed by atoms with Crippen LogP contribution in [0.25, 0.3) is 10.2 Å². The van der Waals surface area contributed by atoms with Gasteiger partial charge in [-0.1, -0.05) is 18.6 Å². The van der Waals surface area contributed by atoms with E-state index in [-0.39, 0.29) is 13.2 Å². The van der Waals surface area contributed by atoms with Gasteiger partial charge in [0.05, 0.1) is 5.39 Å². The van der Waals surface area contributed by atoms with E-state index in [0.29, 0.717) is 23.1 Å². The molecule has 29 heavy (non-hydrogen) atoms. The number of carbonyl (C=O) groups is 1. The van der Waals surface area contributed by atoms with Crippen molar-refractivity contribution in [2.24, 2.45) is 0 Å². The normalized spacial score (nSPS) is 18.1. The van der Waals surface area contributed by atoms with Crippen LogP contribution in [0, 0.1) is 0 Å². The highest BCUT2D eigenvalue weighted by Gasteiger charge is 2.29. The van der Waals surface area contributed by atoms with Crippen molar-refractivity contribution in [3.8, 4) is 11.5 Å². The maximum absolute atomic E-state index is 12.4. The average molecular weight is 411 g/mol. The maximum Gasteiger partial charge on any atom is 0.351 e. The summed E-state index contributed by atoms with van der Waals surface area (Å²) in [6, 6.07) is 7.23. The Bertz CT molecular complexity index is 1080. The second-order valence-corrected chi connectivity index (χ2v) is 8.33. The van der Waals surface area contributed by atoms with Gasteiger partial charge in [0, 0.05) is 4.88 Å². The summed E-state index contributed by atoms with van der Waals surface area (Å²) < 4.78 is 16.6. The number of hydrogen-bond donors (Lipinski definition) is 1. The summed E-state index contributed by atoms with van der Waals surface area (Å²) >= 11 is 1.68. The van der Waals surface area contributed by atoms with Crippen molar-refractivity contribution in [1.29, 1.82) is 0 Å². The number of ether oxygens (including phenoxy) is 3. The molecule has 150 valence electrons. The summed E-state index contributed by atoms with van der Waals surface area (Å²) in [4.78, 5) is 23.6. The van der Waals surface area contributed by atoms with Crippen LogP contribution in [-0.2, 0) is 29.0 Å². The predicted molar refractivity (Wildman–Crippen MR) is 109 cm³/mol. The van der Waals surface area contributed by atoms with Crippen molar-refractivity contribution in [2.45, 2.75) is 44.8 Å². The molecule has 0 bridgehead atoms. The molecule has 0 saturated carbocycles. The van der Waals surface area contributed by atoms with E-state index in [1.807, 2.05) is 12.1 Å². The first-order valence-electron chi connectivity index (χ1n) is 9.81. The lowest BCUT2D eigenvalue weighted by atomic mass is 10.1. The van der Waals surface area contributed by atoms with E-state index in [1.54, 1.807) is 23.5 Å². The summed E-state index contributed by atoms with van der Waals surface area (Å²) in [6.07, 6.45) is 4.89. The van der Waals surface area contributed by atoms with Crippen molar-refractivity contribution in [2.75, 3.05) is 12.3 Å². The Labute approximate surface area is 171 Å². The lowest BCUT2D eigenvalue weighted by molar-refractivity contribution is -0.156. The minimum Gasteiger partial charge on any atom is -0.485 e. The number of esters is 1. The van der Waals surface area contributed by atoms with Crippen LogP contribution in [0.2, 0.25) is 0 Å². The Balaban J connectivity index is 1.30. The number of para-hydroxylation sites is 2. The van der Waals surface area contributed by atoms with Gasteiger partial charge in [-0.3, -0.25) is 0 Å². The Kier molecular flexibility index (Phi) is 4.71. The Morgan fingerprint density at radius 1 is 1.17 bits per heavy atom. The predicted octanol–water partition coefficient (Wildman–Crippen LogP) is 3.43. The van der Waals surface area contributed by atoms with Gasteiger partial charge >= 0.3 is 5.97 Å². The minimum atomic E-state index is -0.816. The summed E-state index contributed by atoms with van der Waals surface area (Å²) in [5.74, 6) is 1.51. The number of hydrogen-bond acceptors (Lipinski definition) is 8. The minimum absolute atomic E-state index is 0.0525. The molecule has 0 radical (unpaired) electrons. The van der Waals surface area contributed by atoms with Crippen molar-refractivity contribution in [3.63, 3.8) is 0 Å². The Morgan fingerprint density at radius 2 is 2.00 bits per heavy atom. The van der Waals surface area contributed by atoms with Crippen molar-refractivity contribution < 1.29 is 19.0 Å². The van der Waals surface area contributed by atoms with Crippen molar-refractivity contribution in [1.82, 2.24) is 9.97 Å². The summed E-state index contributed by atoms with van der Waals surface area (Å²) in [6.45, 7) is 0.0541. The fraction of sp³-hybridized carbons (Fsp3) is 0.381. The molecule has 1 aromatic carbocycles. The summed E-state index contributed by atoms with van der Waals surface area (Å²) in [5.41, 5.74) is 7.55. The number of carbonyl (C=O) groups excluding carboxylic acids is 1. The zero-order valence-corrected chi connectivity index (χ0v) is 16.7. The van der Waals surface area contributed by atoms with E-state index >= 15 is 0 Å². The molecule has 0 saturated heterocycles. The molecular formula is C21H21N3O4S. The van der Waals surface area contributed by atoms with Crippen LogP contribution in [0.3, 0.4) is 0 Å². The molecule has 2 N–H and O–H groups in total. The average Bonchev–Trinajstić information content (AvgIpc) is 2.93. The number of aromatic nitrogens is 2. The molecule has 0 amide bonds. The van der Waals surface area contributed by atoms with Gasteiger partial charge in [0.2, 0.25) is 6.10 Å².